The first kappa shape index (κ1) is 12.9. The molecule has 0 spiro atoms. The molecule has 4 aliphatic rings. The summed E-state index contributed by atoms with van der Waals surface area (Å²) >= 11 is 0. The van der Waals surface area contributed by atoms with Crippen LogP contribution in [0, 0.1) is 23.2 Å². The number of rotatable bonds is 2. The van der Waals surface area contributed by atoms with E-state index in [2.05, 4.69) is 6.07 Å². The monoisotopic (exact) mass is 262 g/mol. The van der Waals surface area contributed by atoms with Gasteiger partial charge in [0.15, 0.2) is 0 Å². The summed E-state index contributed by atoms with van der Waals surface area (Å²) in [5, 5.41) is 9.06. The molecule has 0 radical (unpaired) electrons. The third-order valence-corrected chi connectivity index (χ3v) is 5.17. The van der Waals surface area contributed by atoms with Crippen molar-refractivity contribution in [2.24, 2.45) is 23.3 Å². The van der Waals surface area contributed by atoms with Gasteiger partial charge in [0.1, 0.15) is 6.04 Å². The van der Waals surface area contributed by atoms with E-state index in [1.165, 1.54) is 0 Å². The Balaban J connectivity index is 1.65. The maximum absolute atomic E-state index is 12.4. The molecule has 3 aliphatic carbocycles. The summed E-state index contributed by atoms with van der Waals surface area (Å²) in [7, 11) is 0. The molecule has 1 heterocycles. The first-order valence-electron chi connectivity index (χ1n) is 7.27. The van der Waals surface area contributed by atoms with Gasteiger partial charge in [0.2, 0.25) is 5.91 Å². The topological polar surface area (TPSA) is 96.1 Å². The van der Waals surface area contributed by atoms with E-state index in [1.54, 1.807) is 4.90 Å². The lowest BCUT2D eigenvalue weighted by molar-refractivity contribution is -0.135. The molecular weight excluding hydrogens is 240 g/mol. The highest BCUT2D eigenvalue weighted by Gasteiger charge is 2.50. The number of hydrogen-bond acceptors (Lipinski definition) is 4. The summed E-state index contributed by atoms with van der Waals surface area (Å²) < 4.78 is 0. The molecule has 1 amide bonds. The summed E-state index contributed by atoms with van der Waals surface area (Å²) in [5.74, 6) is 0.817. The molecule has 4 N–H and O–H groups in total. The zero-order valence-electron chi connectivity index (χ0n) is 11.2. The van der Waals surface area contributed by atoms with Crippen LogP contribution in [0.5, 0.6) is 0 Å². The Hall–Kier alpha value is -1.12. The molecular formula is C14H22N4O. The maximum atomic E-state index is 12.4. The van der Waals surface area contributed by atoms with Crippen molar-refractivity contribution < 1.29 is 4.79 Å². The fraction of sp³-hybridized carbons (Fsp3) is 0.857. The van der Waals surface area contributed by atoms with Crippen molar-refractivity contribution in [2.75, 3.05) is 6.54 Å². The van der Waals surface area contributed by atoms with Crippen molar-refractivity contribution in [3.05, 3.63) is 0 Å². The summed E-state index contributed by atoms with van der Waals surface area (Å²) in [4.78, 5) is 14.1. The average molecular weight is 262 g/mol. The number of nitrogens with zero attached hydrogens (tertiary/aromatic N) is 2. The molecule has 5 heteroatoms. The molecule has 3 atom stereocenters. The lowest BCUT2D eigenvalue weighted by Crippen LogP contribution is -2.61. The van der Waals surface area contributed by atoms with Crippen LogP contribution < -0.4 is 11.5 Å². The minimum absolute atomic E-state index is 0.0426. The van der Waals surface area contributed by atoms with E-state index in [0.29, 0.717) is 12.5 Å². The Labute approximate surface area is 113 Å². The van der Waals surface area contributed by atoms with E-state index in [-0.39, 0.29) is 23.4 Å². The fourth-order valence-electron chi connectivity index (χ4n) is 4.29. The second kappa shape index (κ2) is 4.46. The third kappa shape index (κ3) is 2.13. The Morgan fingerprint density at radius 1 is 1.42 bits per heavy atom. The summed E-state index contributed by atoms with van der Waals surface area (Å²) in [5.41, 5.74) is 12.4. The maximum Gasteiger partial charge on any atom is 0.240 e. The summed E-state index contributed by atoms with van der Waals surface area (Å²) in [6.07, 6.45) is 5.76. The van der Waals surface area contributed by atoms with Gasteiger partial charge < -0.3 is 16.4 Å². The zero-order valence-corrected chi connectivity index (χ0v) is 11.2. The highest BCUT2D eigenvalue weighted by molar-refractivity contribution is 5.83. The average Bonchev–Trinajstić information content (AvgIpc) is 2.83. The van der Waals surface area contributed by atoms with Crippen LogP contribution in [0.2, 0.25) is 0 Å². The van der Waals surface area contributed by atoms with Gasteiger partial charge in [-0.2, -0.15) is 5.26 Å². The molecule has 2 unspecified atom stereocenters. The summed E-state index contributed by atoms with van der Waals surface area (Å²) in [6.45, 7) is 0.675. The van der Waals surface area contributed by atoms with Crippen LogP contribution in [0.3, 0.4) is 0 Å². The van der Waals surface area contributed by atoms with Crippen LogP contribution in [0.25, 0.3) is 0 Å². The molecule has 0 aromatic heterocycles. The Bertz CT molecular complexity index is 424. The quantitative estimate of drug-likeness (QED) is 0.750. The van der Waals surface area contributed by atoms with Crippen molar-refractivity contribution in [1.29, 1.82) is 5.26 Å². The molecule has 0 aromatic rings. The number of nitriles is 1. The SMILES string of the molecule is N#C[C@@H]1CCCN1C(=O)C(N)C1CC2CC(N)(C2)C1. The van der Waals surface area contributed by atoms with E-state index < -0.39 is 6.04 Å². The highest BCUT2D eigenvalue weighted by Crippen LogP contribution is 2.50. The molecule has 19 heavy (non-hydrogen) atoms. The number of carbonyl (C=O) groups excluding carboxylic acids is 1. The van der Waals surface area contributed by atoms with Crippen LogP contribution in [-0.2, 0) is 4.79 Å². The predicted molar refractivity (Wildman–Crippen MR) is 70.7 cm³/mol. The first-order chi connectivity index (χ1) is 9.02. The largest absolute Gasteiger partial charge is 0.325 e. The van der Waals surface area contributed by atoms with Crippen molar-refractivity contribution in [1.82, 2.24) is 4.90 Å². The van der Waals surface area contributed by atoms with E-state index in [0.717, 1.165) is 38.5 Å². The van der Waals surface area contributed by atoms with E-state index in [4.69, 9.17) is 16.7 Å². The van der Waals surface area contributed by atoms with Crippen molar-refractivity contribution >= 4 is 5.91 Å². The number of amides is 1. The number of hydrogen-bond donors (Lipinski definition) is 2. The van der Waals surface area contributed by atoms with Crippen LogP contribution in [0.15, 0.2) is 0 Å². The highest BCUT2D eigenvalue weighted by atomic mass is 16.2. The van der Waals surface area contributed by atoms with Gasteiger partial charge in [-0.1, -0.05) is 0 Å². The van der Waals surface area contributed by atoms with Gasteiger partial charge in [-0.3, -0.25) is 4.79 Å². The van der Waals surface area contributed by atoms with E-state index in [9.17, 15) is 4.79 Å². The fourth-order valence-corrected chi connectivity index (χ4v) is 4.29. The van der Waals surface area contributed by atoms with Gasteiger partial charge >= 0.3 is 0 Å². The Morgan fingerprint density at radius 2 is 2.16 bits per heavy atom. The minimum Gasteiger partial charge on any atom is -0.325 e. The van der Waals surface area contributed by atoms with Crippen molar-refractivity contribution in [3.63, 3.8) is 0 Å². The Kier molecular flexibility index (Phi) is 3.03. The standard InChI is InChI=1S/C14H22N4O/c15-8-11-2-1-3-18(11)13(19)12(16)10-4-9-5-14(17,6-9)7-10/h9-12H,1-7,16-17H2/t9?,10?,11-,12?,14?/m0/s1. The number of carbonyl (C=O) groups is 1. The van der Waals surface area contributed by atoms with Crippen LogP contribution in [-0.4, -0.2) is 35.0 Å². The third-order valence-electron chi connectivity index (χ3n) is 5.17. The number of nitrogens with two attached hydrogens (primary N) is 2. The van der Waals surface area contributed by atoms with Crippen LogP contribution in [0.1, 0.15) is 38.5 Å². The first-order valence-corrected chi connectivity index (χ1v) is 7.27. The molecule has 1 saturated heterocycles. The van der Waals surface area contributed by atoms with Gasteiger partial charge in [-0.15, -0.1) is 0 Å². The van der Waals surface area contributed by atoms with Gasteiger partial charge in [0.25, 0.3) is 0 Å². The predicted octanol–water partition coefficient (Wildman–Crippen LogP) is 0.346. The molecule has 4 fully saturated rings. The molecule has 2 bridgehead atoms. The lowest BCUT2D eigenvalue weighted by Gasteiger charge is -2.54. The van der Waals surface area contributed by atoms with Gasteiger partial charge in [0, 0.05) is 12.1 Å². The molecule has 4 rings (SSSR count). The van der Waals surface area contributed by atoms with E-state index >= 15 is 0 Å². The lowest BCUT2D eigenvalue weighted by atomic mass is 9.55. The van der Waals surface area contributed by atoms with Gasteiger partial charge in [0.05, 0.1) is 12.1 Å². The minimum atomic E-state index is -0.472. The second-order valence-corrected chi connectivity index (χ2v) is 6.68. The molecule has 0 aromatic carbocycles. The molecule has 5 nitrogen and oxygen atoms in total. The number of fused-ring (bicyclic) bond motifs is 2. The van der Waals surface area contributed by atoms with Crippen LogP contribution in [0.4, 0.5) is 0 Å². The molecule has 104 valence electrons. The Morgan fingerprint density at radius 3 is 2.79 bits per heavy atom. The van der Waals surface area contributed by atoms with E-state index in [1.807, 2.05) is 0 Å². The summed E-state index contributed by atoms with van der Waals surface area (Å²) in [6, 6.07) is 1.46. The zero-order chi connectivity index (χ0) is 13.6. The second-order valence-electron chi connectivity index (χ2n) is 6.68. The van der Waals surface area contributed by atoms with Crippen molar-refractivity contribution in [2.45, 2.75) is 56.1 Å². The van der Waals surface area contributed by atoms with Crippen LogP contribution >= 0.6 is 0 Å². The van der Waals surface area contributed by atoms with Gasteiger partial charge in [-0.25, -0.2) is 0 Å². The molecule has 3 saturated carbocycles. The smallest absolute Gasteiger partial charge is 0.240 e. The van der Waals surface area contributed by atoms with Gasteiger partial charge in [-0.05, 0) is 50.4 Å². The molecule has 1 aliphatic heterocycles. The number of likely N-dealkylation sites (tertiary alicyclic amines) is 1. The van der Waals surface area contributed by atoms with Crippen molar-refractivity contribution in [3.8, 4) is 6.07 Å². The normalized spacial score (nSPS) is 42.4.